The molecule has 4 atom stereocenters. The van der Waals surface area contributed by atoms with Crippen LogP contribution < -0.4 is 9.47 Å². The summed E-state index contributed by atoms with van der Waals surface area (Å²) < 4.78 is 12.0. The Kier molecular flexibility index (Phi) is 3.46. The molecule has 4 aliphatic rings. The summed E-state index contributed by atoms with van der Waals surface area (Å²) in [5, 5.41) is 0. The van der Waals surface area contributed by atoms with Gasteiger partial charge in [0.1, 0.15) is 0 Å². The standard InChI is InChI=1S/C23H27NO3/c1-14(2)7-9-22-10-8-16(25)21-23(22)11-12-24(3)18(22)13-15-5-6-17(26-4)20(27-21)19(15)23/h5-8,10,18,21H,9,11-13H2,1-4H3/t18-,21+,22+,23+/m1/s1. The average Bonchev–Trinajstić information content (AvgIpc) is 3.01. The van der Waals surface area contributed by atoms with Gasteiger partial charge in [-0.1, -0.05) is 23.8 Å². The quantitative estimate of drug-likeness (QED) is 0.769. The van der Waals surface area contributed by atoms with E-state index < -0.39 is 6.10 Å². The molecule has 0 N–H and O–H groups in total. The van der Waals surface area contributed by atoms with E-state index in [1.807, 2.05) is 6.07 Å². The molecule has 27 heavy (non-hydrogen) atoms. The maximum Gasteiger partial charge on any atom is 0.196 e. The van der Waals surface area contributed by atoms with Gasteiger partial charge in [-0.3, -0.25) is 4.79 Å². The molecule has 0 saturated carbocycles. The predicted octanol–water partition coefficient (Wildman–Crippen LogP) is 3.44. The van der Waals surface area contributed by atoms with Crippen molar-refractivity contribution in [2.75, 3.05) is 20.7 Å². The maximum atomic E-state index is 13.0. The highest BCUT2D eigenvalue weighted by atomic mass is 16.5. The molecule has 0 aromatic heterocycles. The number of benzene rings is 1. The molecule has 0 unspecified atom stereocenters. The highest BCUT2D eigenvalue weighted by Gasteiger charge is 2.71. The number of methoxy groups -OCH3 is 1. The van der Waals surface area contributed by atoms with Crippen molar-refractivity contribution in [2.24, 2.45) is 5.41 Å². The van der Waals surface area contributed by atoms with E-state index in [-0.39, 0.29) is 16.6 Å². The van der Waals surface area contributed by atoms with E-state index in [1.165, 1.54) is 16.7 Å². The van der Waals surface area contributed by atoms with Gasteiger partial charge in [-0.05, 0) is 64.4 Å². The van der Waals surface area contributed by atoms with E-state index in [4.69, 9.17) is 9.47 Å². The second kappa shape index (κ2) is 5.48. The Labute approximate surface area is 160 Å². The van der Waals surface area contributed by atoms with E-state index in [9.17, 15) is 4.79 Å². The molecule has 1 saturated heterocycles. The Morgan fingerprint density at radius 2 is 2.22 bits per heavy atom. The number of carbonyl (C=O) groups excluding carboxylic acids is 1. The molecule has 2 aliphatic heterocycles. The second-order valence-corrected chi connectivity index (χ2v) is 8.81. The molecule has 142 valence electrons. The van der Waals surface area contributed by atoms with Gasteiger partial charge in [0, 0.05) is 17.0 Å². The zero-order valence-electron chi connectivity index (χ0n) is 16.5. The summed E-state index contributed by atoms with van der Waals surface area (Å²) in [6, 6.07) is 4.55. The van der Waals surface area contributed by atoms with Crippen molar-refractivity contribution in [3.8, 4) is 11.5 Å². The minimum atomic E-state index is -0.436. The summed E-state index contributed by atoms with van der Waals surface area (Å²) in [6.45, 7) is 5.29. The first-order chi connectivity index (χ1) is 12.9. The number of hydrogen-bond donors (Lipinski definition) is 0. The third kappa shape index (κ3) is 1.90. The molecule has 1 aromatic rings. The lowest BCUT2D eigenvalue weighted by Crippen LogP contribution is -2.70. The number of ether oxygens (including phenoxy) is 2. The summed E-state index contributed by atoms with van der Waals surface area (Å²) in [7, 11) is 3.91. The molecule has 0 radical (unpaired) electrons. The number of allylic oxidation sites excluding steroid dienone is 2. The van der Waals surface area contributed by atoms with Crippen molar-refractivity contribution in [1.82, 2.24) is 4.90 Å². The van der Waals surface area contributed by atoms with Gasteiger partial charge in [-0.2, -0.15) is 0 Å². The van der Waals surface area contributed by atoms with Gasteiger partial charge >= 0.3 is 0 Å². The van der Waals surface area contributed by atoms with E-state index in [2.05, 4.69) is 44.0 Å². The lowest BCUT2D eigenvalue weighted by Gasteiger charge is -2.63. The predicted molar refractivity (Wildman–Crippen MR) is 104 cm³/mol. The number of carbonyl (C=O) groups is 1. The third-order valence-corrected chi connectivity index (χ3v) is 7.44. The molecule has 2 bridgehead atoms. The van der Waals surface area contributed by atoms with Gasteiger partial charge in [0.05, 0.1) is 12.5 Å². The van der Waals surface area contributed by atoms with Crippen LogP contribution in [0.5, 0.6) is 11.5 Å². The molecule has 1 aromatic carbocycles. The highest BCUT2D eigenvalue weighted by molar-refractivity contribution is 5.98. The van der Waals surface area contributed by atoms with Gasteiger partial charge in [-0.25, -0.2) is 0 Å². The van der Waals surface area contributed by atoms with E-state index in [0.29, 0.717) is 6.04 Å². The Hall–Kier alpha value is -2.07. The Bertz CT molecular complexity index is 897. The van der Waals surface area contributed by atoms with Gasteiger partial charge in [0.25, 0.3) is 0 Å². The number of hydrogen-bond acceptors (Lipinski definition) is 4. The van der Waals surface area contributed by atoms with Crippen LogP contribution in [-0.4, -0.2) is 43.5 Å². The lowest BCUT2D eigenvalue weighted by molar-refractivity contribution is -0.133. The second-order valence-electron chi connectivity index (χ2n) is 8.81. The van der Waals surface area contributed by atoms with Crippen LogP contribution in [0.4, 0.5) is 0 Å². The van der Waals surface area contributed by atoms with E-state index in [0.717, 1.165) is 37.3 Å². The van der Waals surface area contributed by atoms with Gasteiger partial charge < -0.3 is 14.4 Å². The molecule has 2 heterocycles. The Morgan fingerprint density at radius 3 is 2.96 bits per heavy atom. The van der Waals surface area contributed by atoms with Crippen LogP contribution >= 0.6 is 0 Å². The molecule has 5 rings (SSSR count). The molecular weight excluding hydrogens is 338 g/mol. The summed E-state index contributed by atoms with van der Waals surface area (Å²) >= 11 is 0. The Morgan fingerprint density at radius 1 is 1.41 bits per heavy atom. The van der Waals surface area contributed by atoms with Crippen molar-refractivity contribution < 1.29 is 14.3 Å². The molecular formula is C23H27NO3. The monoisotopic (exact) mass is 365 g/mol. The van der Waals surface area contributed by atoms with Crippen LogP contribution in [0.15, 0.2) is 35.9 Å². The molecule has 4 heteroatoms. The number of likely N-dealkylation sites (tertiary alicyclic amines) is 1. The number of nitrogens with zero attached hydrogens (tertiary/aromatic N) is 1. The lowest BCUT2D eigenvalue weighted by atomic mass is 9.44. The van der Waals surface area contributed by atoms with Crippen LogP contribution in [0.3, 0.4) is 0 Å². The fourth-order valence-corrected chi connectivity index (χ4v) is 6.24. The summed E-state index contributed by atoms with van der Waals surface area (Å²) in [5.74, 6) is 1.65. The molecule has 1 spiro atoms. The number of rotatable bonds is 3. The maximum absolute atomic E-state index is 13.0. The topological polar surface area (TPSA) is 38.8 Å². The van der Waals surface area contributed by atoms with Crippen molar-refractivity contribution >= 4 is 5.78 Å². The van der Waals surface area contributed by atoms with Crippen molar-refractivity contribution in [1.29, 1.82) is 0 Å². The van der Waals surface area contributed by atoms with Crippen molar-refractivity contribution in [3.63, 3.8) is 0 Å². The normalized spacial score (nSPS) is 35.5. The minimum absolute atomic E-state index is 0.0947. The highest BCUT2D eigenvalue weighted by Crippen LogP contribution is 2.68. The van der Waals surface area contributed by atoms with Gasteiger partial charge in [0.15, 0.2) is 23.4 Å². The Balaban J connectivity index is 1.84. The third-order valence-electron chi connectivity index (χ3n) is 7.44. The van der Waals surface area contributed by atoms with E-state index in [1.54, 1.807) is 13.2 Å². The molecule has 4 nitrogen and oxygen atoms in total. The summed E-state index contributed by atoms with van der Waals surface area (Å²) in [6.07, 6.45) is 8.78. The fraction of sp³-hybridized carbons (Fsp3) is 0.522. The largest absolute Gasteiger partial charge is 0.493 e. The molecule has 0 amide bonds. The van der Waals surface area contributed by atoms with Crippen LogP contribution in [0, 0.1) is 5.41 Å². The zero-order valence-corrected chi connectivity index (χ0v) is 16.5. The number of likely N-dealkylation sites (N-methyl/N-ethyl adjacent to an activating group) is 1. The van der Waals surface area contributed by atoms with Crippen LogP contribution in [-0.2, 0) is 16.6 Å². The van der Waals surface area contributed by atoms with Crippen molar-refractivity contribution in [3.05, 3.63) is 47.1 Å². The summed E-state index contributed by atoms with van der Waals surface area (Å²) in [4.78, 5) is 15.5. The first-order valence-electron chi connectivity index (χ1n) is 9.88. The fourth-order valence-electron chi connectivity index (χ4n) is 6.24. The van der Waals surface area contributed by atoms with E-state index >= 15 is 0 Å². The summed E-state index contributed by atoms with van der Waals surface area (Å²) in [5.41, 5.74) is 3.47. The zero-order chi connectivity index (χ0) is 19.0. The number of piperidine rings is 1. The smallest absolute Gasteiger partial charge is 0.196 e. The van der Waals surface area contributed by atoms with Crippen molar-refractivity contribution in [2.45, 2.75) is 50.7 Å². The average molecular weight is 365 g/mol. The SMILES string of the molecule is COc1ccc2c3c1O[C@H]1C(=O)C=C[C@@]4(CC=C(C)C)[C@@H](C2)N(C)CC[C@]314. The first-order valence-corrected chi connectivity index (χ1v) is 9.88. The first kappa shape index (κ1) is 17.1. The van der Waals surface area contributed by atoms with Crippen LogP contribution in [0.25, 0.3) is 0 Å². The minimum Gasteiger partial charge on any atom is -0.493 e. The van der Waals surface area contributed by atoms with Gasteiger partial charge in [0.2, 0.25) is 0 Å². The van der Waals surface area contributed by atoms with Crippen LogP contribution in [0.2, 0.25) is 0 Å². The molecule has 2 aliphatic carbocycles. The van der Waals surface area contributed by atoms with Crippen LogP contribution in [0.1, 0.15) is 37.8 Å². The molecule has 1 fully saturated rings. The number of ketones is 1. The van der Waals surface area contributed by atoms with Gasteiger partial charge in [-0.15, -0.1) is 0 Å².